The van der Waals surface area contributed by atoms with Gasteiger partial charge in [0.25, 0.3) is 5.89 Å². The zero-order valence-electron chi connectivity index (χ0n) is 6.84. The van der Waals surface area contributed by atoms with Crippen molar-refractivity contribution in [1.82, 2.24) is 20.2 Å². The van der Waals surface area contributed by atoms with E-state index >= 15 is 0 Å². The molecule has 66 valence electrons. The Hall–Kier alpha value is -1.98. The van der Waals surface area contributed by atoms with E-state index in [0.29, 0.717) is 17.5 Å². The third kappa shape index (κ3) is 1.46. The highest BCUT2D eigenvalue weighted by molar-refractivity contribution is 5.43. The molecule has 0 aliphatic heterocycles. The van der Waals surface area contributed by atoms with Gasteiger partial charge in [-0.25, -0.2) is 9.97 Å². The lowest BCUT2D eigenvalue weighted by Crippen LogP contribution is -1.90. The quantitative estimate of drug-likeness (QED) is 0.667. The number of methoxy groups -OCH3 is 1. The molecule has 0 saturated carbocycles. The van der Waals surface area contributed by atoms with Crippen LogP contribution >= 0.6 is 0 Å². The molecule has 2 rings (SSSR count). The molecule has 13 heavy (non-hydrogen) atoms. The van der Waals surface area contributed by atoms with E-state index < -0.39 is 0 Å². The Labute approximate surface area is 73.6 Å². The number of rotatable bonds is 2. The highest BCUT2D eigenvalue weighted by atomic mass is 16.5. The molecule has 0 amide bonds. The monoisotopic (exact) mass is 178 g/mol. The topological polar surface area (TPSA) is 73.9 Å². The van der Waals surface area contributed by atoms with Gasteiger partial charge in [-0.3, -0.25) is 0 Å². The third-order valence-corrected chi connectivity index (χ3v) is 1.42. The van der Waals surface area contributed by atoms with Crippen molar-refractivity contribution in [3.63, 3.8) is 0 Å². The molecule has 0 aliphatic carbocycles. The van der Waals surface area contributed by atoms with Gasteiger partial charge in [0.1, 0.15) is 5.69 Å². The average Bonchev–Trinajstić information content (AvgIpc) is 2.71. The molecule has 2 aromatic heterocycles. The Morgan fingerprint density at radius 2 is 2.23 bits per heavy atom. The van der Waals surface area contributed by atoms with Crippen LogP contribution in [0.5, 0.6) is 5.88 Å². The molecule has 0 fully saturated rings. The first-order valence-electron chi connectivity index (χ1n) is 3.52. The molecule has 0 bridgehead atoms. The van der Waals surface area contributed by atoms with Crippen LogP contribution < -0.4 is 4.74 Å². The summed E-state index contributed by atoms with van der Waals surface area (Å²) in [5.41, 5.74) is 0.526. The van der Waals surface area contributed by atoms with E-state index in [2.05, 4.69) is 20.2 Å². The van der Waals surface area contributed by atoms with Gasteiger partial charge in [-0.05, 0) is 0 Å². The van der Waals surface area contributed by atoms with Crippen molar-refractivity contribution in [2.24, 2.45) is 0 Å². The van der Waals surface area contributed by atoms with Crippen LogP contribution in [0.2, 0.25) is 0 Å². The van der Waals surface area contributed by atoms with E-state index in [1.807, 2.05) is 0 Å². The lowest BCUT2D eigenvalue weighted by Gasteiger charge is -1.96. The maximum absolute atomic E-state index is 4.93. The Bertz CT molecular complexity index is 370. The largest absolute Gasteiger partial charge is 0.480 e. The third-order valence-electron chi connectivity index (χ3n) is 1.42. The molecule has 0 atom stereocenters. The second-order valence-corrected chi connectivity index (χ2v) is 2.19. The molecule has 0 spiro atoms. The number of hydrogen-bond acceptors (Lipinski definition) is 6. The zero-order chi connectivity index (χ0) is 9.10. The molecule has 0 aromatic carbocycles. The summed E-state index contributed by atoms with van der Waals surface area (Å²) < 4.78 is 9.77. The smallest absolute Gasteiger partial charge is 0.267 e. The first-order valence-corrected chi connectivity index (χ1v) is 3.52. The lowest BCUT2D eigenvalue weighted by atomic mass is 10.4. The fourth-order valence-electron chi connectivity index (χ4n) is 0.817. The van der Waals surface area contributed by atoms with E-state index in [-0.39, 0.29) is 0 Å². The van der Waals surface area contributed by atoms with E-state index in [1.165, 1.54) is 25.9 Å². The van der Waals surface area contributed by atoms with Gasteiger partial charge in [0, 0.05) is 0 Å². The van der Waals surface area contributed by atoms with Gasteiger partial charge in [0.2, 0.25) is 12.3 Å². The molecule has 2 heterocycles. The fraction of sp³-hybridized carbons (Fsp3) is 0.143. The molecule has 6 heteroatoms. The van der Waals surface area contributed by atoms with Gasteiger partial charge in [0.05, 0.1) is 19.5 Å². The van der Waals surface area contributed by atoms with Crippen LogP contribution in [-0.2, 0) is 0 Å². The molecule has 0 N–H and O–H groups in total. The van der Waals surface area contributed by atoms with Gasteiger partial charge in [-0.15, -0.1) is 10.2 Å². The van der Waals surface area contributed by atoms with E-state index in [9.17, 15) is 0 Å². The van der Waals surface area contributed by atoms with Gasteiger partial charge in [-0.1, -0.05) is 0 Å². The maximum atomic E-state index is 4.93. The number of ether oxygens (including phenoxy) is 1. The zero-order valence-corrected chi connectivity index (χ0v) is 6.84. The molecular weight excluding hydrogens is 172 g/mol. The Balaban J connectivity index is 2.33. The van der Waals surface area contributed by atoms with Crippen LogP contribution in [0, 0.1) is 0 Å². The standard InChI is InChI=1S/C7H6N4O2/c1-12-6-3-8-5(2-9-6)7-11-10-4-13-7/h2-4H,1H3. The van der Waals surface area contributed by atoms with Crippen LogP contribution in [0.3, 0.4) is 0 Å². The molecule has 0 saturated heterocycles. The number of nitrogens with zero attached hydrogens (tertiary/aromatic N) is 4. The summed E-state index contributed by atoms with van der Waals surface area (Å²) in [5.74, 6) is 0.790. The molecular formula is C7H6N4O2. The molecule has 2 aromatic rings. The van der Waals surface area contributed by atoms with Gasteiger partial charge < -0.3 is 9.15 Å². The van der Waals surface area contributed by atoms with Crippen molar-refractivity contribution in [3.8, 4) is 17.5 Å². The Morgan fingerprint density at radius 1 is 1.31 bits per heavy atom. The molecule has 0 aliphatic rings. The Morgan fingerprint density at radius 3 is 2.77 bits per heavy atom. The molecule has 0 radical (unpaired) electrons. The summed E-state index contributed by atoms with van der Waals surface area (Å²) in [6.07, 6.45) is 4.23. The van der Waals surface area contributed by atoms with Crippen LogP contribution in [0.4, 0.5) is 0 Å². The predicted octanol–water partition coefficient (Wildman–Crippen LogP) is 0.535. The second-order valence-electron chi connectivity index (χ2n) is 2.19. The van der Waals surface area contributed by atoms with Crippen LogP contribution in [-0.4, -0.2) is 27.3 Å². The molecule has 0 unspecified atom stereocenters. The second kappa shape index (κ2) is 3.18. The van der Waals surface area contributed by atoms with Crippen molar-refractivity contribution in [3.05, 3.63) is 18.8 Å². The van der Waals surface area contributed by atoms with E-state index in [1.54, 1.807) is 0 Å². The van der Waals surface area contributed by atoms with Gasteiger partial charge in [-0.2, -0.15) is 0 Å². The first kappa shape index (κ1) is 7.66. The summed E-state index contributed by atoms with van der Waals surface area (Å²) in [6.45, 7) is 0. The molecule has 6 nitrogen and oxygen atoms in total. The van der Waals surface area contributed by atoms with Crippen molar-refractivity contribution in [1.29, 1.82) is 0 Å². The maximum Gasteiger partial charge on any atom is 0.267 e. The van der Waals surface area contributed by atoms with E-state index in [0.717, 1.165) is 0 Å². The summed E-state index contributed by atoms with van der Waals surface area (Å²) in [5, 5.41) is 7.21. The van der Waals surface area contributed by atoms with Crippen LogP contribution in [0.15, 0.2) is 23.2 Å². The fourth-order valence-corrected chi connectivity index (χ4v) is 0.817. The number of aromatic nitrogens is 4. The van der Waals surface area contributed by atoms with Crippen molar-refractivity contribution >= 4 is 0 Å². The summed E-state index contributed by atoms with van der Waals surface area (Å²) >= 11 is 0. The van der Waals surface area contributed by atoms with Gasteiger partial charge in [0.15, 0.2) is 0 Å². The Kier molecular flexibility index (Phi) is 1.87. The minimum absolute atomic E-state index is 0.343. The normalized spacial score (nSPS) is 9.92. The SMILES string of the molecule is COc1cnc(-c2nnco2)cn1. The average molecular weight is 178 g/mol. The van der Waals surface area contributed by atoms with Crippen molar-refractivity contribution < 1.29 is 9.15 Å². The van der Waals surface area contributed by atoms with E-state index in [4.69, 9.17) is 9.15 Å². The number of hydrogen-bond donors (Lipinski definition) is 0. The van der Waals surface area contributed by atoms with Crippen LogP contribution in [0.1, 0.15) is 0 Å². The summed E-state index contributed by atoms with van der Waals surface area (Å²) in [6, 6.07) is 0. The van der Waals surface area contributed by atoms with Crippen molar-refractivity contribution in [2.45, 2.75) is 0 Å². The highest BCUT2D eigenvalue weighted by Crippen LogP contribution is 2.12. The minimum atomic E-state index is 0.343. The van der Waals surface area contributed by atoms with Crippen LogP contribution in [0.25, 0.3) is 11.6 Å². The van der Waals surface area contributed by atoms with Crippen molar-refractivity contribution in [2.75, 3.05) is 7.11 Å². The summed E-state index contributed by atoms with van der Waals surface area (Å²) in [4.78, 5) is 7.95. The highest BCUT2D eigenvalue weighted by Gasteiger charge is 2.04. The lowest BCUT2D eigenvalue weighted by molar-refractivity contribution is 0.395. The first-order chi connectivity index (χ1) is 6.40. The predicted molar refractivity (Wildman–Crippen MR) is 41.9 cm³/mol. The minimum Gasteiger partial charge on any atom is -0.480 e. The summed E-state index contributed by atoms with van der Waals surface area (Å²) in [7, 11) is 1.52. The van der Waals surface area contributed by atoms with Gasteiger partial charge >= 0.3 is 0 Å².